The first kappa shape index (κ1) is 23.8. The highest BCUT2D eigenvalue weighted by atomic mass is 32.2. The molecule has 0 unspecified atom stereocenters. The van der Waals surface area contributed by atoms with Gasteiger partial charge in [-0.25, -0.2) is 4.98 Å². The molecule has 0 aliphatic carbocycles. The maximum Gasteiger partial charge on any atom is 0.266 e. The summed E-state index contributed by atoms with van der Waals surface area (Å²) < 4.78 is 1.58. The Kier molecular flexibility index (Phi) is 6.61. The minimum Gasteiger partial charge on any atom is -0.325 e. The van der Waals surface area contributed by atoms with Crippen molar-refractivity contribution in [3.63, 3.8) is 0 Å². The van der Waals surface area contributed by atoms with Crippen LogP contribution in [-0.4, -0.2) is 33.7 Å². The molecule has 7 nitrogen and oxygen atoms in total. The molecule has 2 amide bonds. The van der Waals surface area contributed by atoms with Crippen LogP contribution in [0.4, 0.5) is 11.4 Å². The Hall–Kier alpha value is -3.91. The minimum atomic E-state index is -0.223. The standard InChI is InChI=1S/C28H26N4O3S/c1-18-13-19(2)15-22(14-18)32-27(35)23-9-3-4-10-24(23)30-28(32)36-17-25(33)29-20-7-5-8-21(16-20)31-12-6-11-26(31)34/h3-5,7-10,13-16H,6,11-12,17H2,1-2H3,(H,29,33). The number of para-hydroxylation sites is 1. The third-order valence-electron chi connectivity index (χ3n) is 6.06. The molecule has 4 aromatic rings. The number of carbonyl (C=O) groups excluding carboxylic acids is 2. The summed E-state index contributed by atoms with van der Waals surface area (Å²) in [6.45, 7) is 4.66. The summed E-state index contributed by atoms with van der Waals surface area (Å²) in [5.74, 6) is -0.0531. The van der Waals surface area contributed by atoms with Crippen molar-refractivity contribution in [1.82, 2.24) is 9.55 Å². The van der Waals surface area contributed by atoms with E-state index in [4.69, 9.17) is 4.98 Å². The third-order valence-corrected chi connectivity index (χ3v) is 7.00. The van der Waals surface area contributed by atoms with Crippen LogP contribution >= 0.6 is 11.8 Å². The van der Waals surface area contributed by atoms with E-state index in [1.807, 2.05) is 62.4 Å². The number of benzene rings is 3. The monoisotopic (exact) mass is 498 g/mol. The van der Waals surface area contributed by atoms with Gasteiger partial charge in [-0.3, -0.25) is 19.0 Å². The Balaban J connectivity index is 1.41. The topological polar surface area (TPSA) is 84.3 Å². The predicted molar refractivity (Wildman–Crippen MR) is 144 cm³/mol. The van der Waals surface area contributed by atoms with Gasteiger partial charge in [-0.2, -0.15) is 0 Å². The molecule has 1 fully saturated rings. The maximum atomic E-state index is 13.5. The fourth-order valence-corrected chi connectivity index (χ4v) is 5.33. The van der Waals surface area contributed by atoms with E-state index in [0.29, 0.717) is 34.7 Å². The molecule has 1 N–H and O–H groups in total. The molecular formula is C28H26N4O3S. The number of fused-ring (bicyclic) bond motifs is 1. The first-order valence-electron chi connectivity index (χ1n) is 11.8. The fourth-order valence-electron chi connectivity index (χ4n) is 4.52. The van der Waals surface area contributed by atoms with Gasteiger partial charge in [-0.05, 0) is 73.9 Å². The molecule has 0 atom stereocenters. The Labute approximate surface area is 213 Å². The van der Waals surface area contributed by atoms with Gasteiger partial charge in [0.05, 0.1) is 22.3 Å². The van der Waals surface area contributed by atoms with Crippen LogP contribution < -0.4 is 15.8 Å². The molecule has 1 aromatic heterocycles. The van der Waals surface area contributed by atoms with E-state index in [0.717, 1.165) is 28.9 Å². The van der Waals surface area contributed by atoms with Crippen molar-refractivity contribution in [1.29, 1.82) is 0 Å². The summed E-state index contributed by atoms with van der Waals surface area (Å²) in [7, 11) is 0. The fraction of sp³-hybridized carbons (Fsp3) is 0.214. The van der Waals surface area contributed by atoms with E-state index >= 15 is 0 Å². The lowest BCUT2D eigenvalue weighted by Crippen LogP contribution is -2.24. The summed E-state index contributed by atoms with van der Waals surface area (Å²) in [5.41, 5.74) is 4.62. The van der Waals surface area contributed by atoms with Crippen LogP contribution in [0.3, 0.4) is 0 Å². The van der Waals surface area contributed by atoms with Gasteiger partial charge < -0.3 is 10.2 Å². The zero-order valence-corrected chi connectivity index (χ0v) is 21.0. The number of hydrogen-bond donors (Lipinski definition) is 1. The van der Waals surface area contributed by atoms with Gasteiger partial charge in [0, 0.05) is 24.3 Å². The zero-order valence-electron chi connectivity index (χ0n) is 20.2. The van der Waals surface area contributed by atoms with E-state index in [1.54, 1.807) is 27.7 Å². The number of amides is 2. The molecule has 0 saturated carbocycles. The molecule has 5 rings (SSSR count). The van der Waals surface area contributed by atoms with Gasteiger partial charge in [0.25, 0.3) is 5.56 Å². The average molecular weight is 499 g/mol. The molecule has 0 bridgehead atoms. The summed E-state index contributed by atoms with van der Waals surface area (Å²) in [5, 5.41) is 3.89. The number of anilines is 2. The largest absolute Gasteiger partial charge is 0.325 e. The molecule has 1 aliphatic rings. The van der Waals surface area contributed by atoms with Crippen LogP contribution in [0.15, 0.2) is 76.7 Å². The van der Waals surface area contributed by atoms with Crippen LogP contribution in [0, 0.1) is 13.8 Å². The SMILES string of the molecule is Cc1cc(C)cc(-n2c(SCC(=O)Nc3cccc(N4CCCC4=O)c3)nc3ccccc3c2=O)c1. The number of nitrogens with zero attached hydrogens (tertiary/aromatic N) is 3. The van der Waals surface area contributed by atoms with Crippen LogP contribution in [-0.2, 0) is 9.59 Å². The smallest absolute Gasteiger partial charge is 0.266 e. The second-order valence-corrected chi connectivity index (χ2v) is 9.88. The summed E-state index contributed by atoms with van der Waals surface area (Å²) in [6.07, 6.45) is 1.39. The second kappa shape index (κ2) is 9.99. The molecule has 8 heteroatoms. The van der Waals surface area contributed by atoms with Gasteiger partial charge in [0.2, 0.25) is 11.8 Å². The van der Waals surface area contributed by atoms with Crippen molar-refractivity contribution in [2.45, 2.75) is 31.8 Å². The lowest BCUT2D eigenvalue weighted by molar-refractivity contribution is -0.117. The van der Waals surface area contributed by atoms with Crippen LogP contribution in [0.5, 0.6) is 0 Å². The summed E-state index contributed by atoms with van der Waals surface area (Å²) in [6, 6.07) is 20.5. The van der Waals surface area contributed by atoms with E-state index < -0.39 is 0 Å². The van der Waals surface area contributed by atoms with Crippen LogP contribution in [0.2, 0.25) is 0 Å². The summed E-state index contributed by atoms with van der Waals surface area (Å²) in [4.78, 5) is 44.9. The Bertz CT molecular complexity index is 1530. The molecule has 1 saturated heterocycles. The quantitative estimate of drug-likeness (QED) is 0.303. The van der Waals surface area contributed by atoms with Crippen molar-refractivity contribution >= 4 is 45.9 Å². The highest BCUT2D eigenvalue weighted by Gasteiger charge is 2.22. The van der Waals surface area contributed by atoms with Crippen molar-refractivity contribution in [3.8, 4) is 5.69 Å². The average Bonchev–Trinajstić information content (AvgIpc) is 3.28. The Morgan fingerprint density at radius 3 is 2.50 bits per heavy atom. The number of aromatic nitrogens is 2. The number of aryl methyl sites for hydroxylation is 2. The molecule has 1 aliphatic heterocycles. The van der Waals surface area contributed by atoms with Crippen molar-refractivity contribution in [3.05, 3.63) is 88.2 Å². The Morgan fingerprint density at radius 1 is 0.972 bits per heavy atom. The van der Waals surface area contributed by atoms with Gasteiger partial charge in [-0.15, -0.1) is 0 Å². The van der Waals surface area contributed by atoms with Gasteiger partial charge in [0.15, 0.2) is 5.16 Å². The number of carbonyl (C=O) groups is 2. The van der Waals surface area contributed by atoms with E-state index in [2.05, 4.69) is 5.32 Å². The van der Waals surface area contributed by atoms with Crippen molar-refractivity contribution in [2.24, 2.45) is 0 Å². The highest BCUT2D eigenvalue weighted by molar-refractivity contribution is 7.99. The molecule has 3 aromatic carbocycles. The molecule has 0 spiro atoms. The lowest BCUT2D eigenvalue weighted by atomic mass is 10.1. The number of nitrogens with one attached hydrogen (secondary N) is 1. The number of rotatable bonds is 6. The lowest BCUT2D eigenvalue weighted by Gasteiger charge is -2.17. The van der Waals surface area contributed by atoms with E-state index in [1.165, 1.54) is 11.8 Å². The molecule has 2 heterocycles. The summed E-state index contributed by atoms with van der Waals surface area (Å²) >= 11 is 1.22. The number of thioether (sulfide) groups is 1. The normalized spacial score (nSPS) is 13.4. The second-order valence-electron chi connectivity index (χ2n) is 8.93. The van der Waals surface area contributed by atoms with Crippen LogP contribution in [0.25, 0.3) is 16.6 Å². The molecule has 0 radical (unpaired) electrons. The van der Waals surface area contributed by atoms with Gasteiger partial charge in [-0.1, -0.05) is 36.0 Å². The molecule has 182 valence electrons. The minimum absolute atomic E-state index is 0.0719. The van der Waals surface area contributed by atoms with Gasteiger partial charge >= 0.3 is 0 Å². The molecular weight excluding hydrogens is 472 g/mol. The van der Waals surface area contributed by atoms with E-state index in [-0.39, 0.29) is 23.1 Å². The first-order chi connectivity index (χ1) is 17.4. The predicted octanol–water partition coefficient (Wildman–Crippen LogP) is 4.86. The van der Waals surface area contributed by atoms with Crippen molar-refractivity contribution in [2.75, 3.05) is 22.5 Å². The Morgan fingerprint density at radius 2 is 1.75 bits per heavy atom. The highest BCUT2D eigenvalue weighted by Crippen LogP contribution is 2.26. The van der Waals surface area contributed by atoms with E-state index in [9.17, 15) is 14.4 Å². The van der Waals surface area contributed by atoms with Crippen molar-refractivity contribution < 1.29 is 9.59 Å². The first-order valence-corrected chi connectivity index (χ1v) is 12.8. The number of hydrogen-bond acceptors (Lipinski definition) is 5. The zero-order chi connectivity index (χ0) is 25.2. The van der Waals surface area contributed by atoms with Crippen LogP contribution in [0.1, 0.15) is 24.0 Å². The molecule has 36 heavy (non-hydrogen) atoms. The van der Waals surface area contributed by atoms with Gasteiger partial charge in [0.1, 0.15) is 0 Å². The maximum absolute atomic E-state index is 13.5. The third kappa shape index (κ3) is 4.90.